The van der Waals surface area contributed by atoms with E-state index >= 15 is 0 Å². The van der Waals surface area contributed by atoms with E-state index in [4.69, 9.17) is 4.74 Å². The highest BCUT2D eigenvalue weighted by Gasteiger charge is 2.29. The van der Waals surface area contributed by atoms with Gasteiger partial charge in [-0.3, -0.25) is 14.6 Å². The fourth-order valence-corrected chi connectivity index (χ4v) is 2.90. The molecule has 1 aromatic carbocycles. The van der Waals surface area contributed by atoms with Gasteiger partial charge in [-0.15, -0.1) is 0 Å². The molecule has 1 aliphatic carbocycles. The van der Waals surface area contributed by atoms with Gasteiger partial charge in [0.25, 0.3) is 0 Å². The van der Waals surface area contributed by atoms with Crippen LogP contribution in [0.25, 0.3) is 0 Å². The number of piperazine rings is 1. The van der Waals surface area contributed by atoms with Gasteiger partial charge in [0.15, 0.2) is 0 Å². The minimum absolute atomic E-state index is 0.0154. The van der Waals surface area contributed by atoms with E-state index in [-0.39, 0.29) is 11.9 Å². The first-order valence-electron chi connectivity index (χ1n) is 8.67. The van der Waals surface area contributed by atoms with Gasteiger partial charge in [0, 0.05) is 38.8 Å². The lowest BCUT2D eigenvalue weighted by Crippen LogP contribution is -2.54. The minimum atomic E-state index is -0.0154. The summed E-state index contributed by atoms with van der Waals surface area (Å²) in [5, 5.41) is 3.10. The Balaban J connectivity index is 1.34. The molecule has 1 saturated heterocycles. The zero-order valence-corrected chi connectivity index (χ0v) is 13.9. The summed E-state index contributed by atoms with van der Waals surface area (Å²) < 4.78 is 5.75. The van der Waals surface area contributed by atoms with Crippen LogP contribution in [-0.2, 0) is 4.79 Å². The second kappa shape index (κ2) is 7.79. The number of hydrogen-bond acceptors (Lipinski definition) is 4. The predicted molar refractivity (Wildman–Crippen MR) is 90.6 cm³/mol. The molecule has 2 aliphatic rings. The number of hydrogen-bond donors (Lipinski definition) is 1. The Bertz CT molecular complexity index is 496. The van der Waals surface area contributed by atoms with E-state index in [9.17, 15) is 4.79 Å². The Kier molecular flexibility index (Phi) is 5.51. The molecule has 0 radical (unpaired) electrons. The monoisotopic (exact) mass is 317 g/mol. The van der Waals surface area contributed by atoms with Crippen molar-refractivity contribution in [3.8, 4) is 5.75 Å². The summed E-state index contributed by atoms with van der Waals surface area (Å²) in [7, 11) is 0. The van der Waals surface area contributed by atoms with E-state index in [1.165, 1.54) is 0 Å². The maximum atomic E-state index is 12.1. The van der Waals surface area contributed by atoms with E-state index in [0.29, 0.717) is 12.6 Å². The topological polar surface area (TPSA) is 44.8 Å². The molecule has 1 aromatic rings. The second-order valence-corrected chi connectivity index (χ2v) is 6.50. The van der Waals surface area contributed by atoms with Crippen molar-refractivity contribution in [2.45, 2.75) is 31.8 Å². The van der Waals surface area contributed by atoms with E-state index in [0.717, 1.165) is 51.3 Å². The molecule has 1 aliphatic heterocycles. The second-order valence-electron chi connectivity index (χ2n) is 6.50. The zero-order chi connectivity index (χ0) is 16.1. The summed E-state index contributed by atoms with van der Waals surface area (Å²) >= 11 is 0. The van der Waals surface area contributed by atoms with Crippen molar-refractivity contribution in [3.63, 3.8) is 0 Å². The van der Waals surface area contributed by atoms with Gasteiger partial charge in [-0.25, -0.2) is 0 Å². The van der Waals surface area contributed by atoms with Crippen molar-refractivity contribution < 1.29 is 9.53 Å². The normalized spacial score (nSPS) is 20.9. The van der Waals surface area contributed by atoms with E-state index in [2.05, 4.69) is 15.1 Å². The standard InChI is InChI=1S/C18H27N3O2/c1-15(18(22)19-16-7-8-16)21-11-9-20(10-12-21)13-14-23-17-5-3-2-4-6-17/h2-6,15-16H,7-14H2,1H3,(H,19,22)/t15-/m0/s1. The van der Waals surface area contributed by atoms with Crippen LogP contribution >= 0.6 is 0 Å². The van der Waals surface area contributed by atoms with Crippen LogP contribution in [0.2, 0.25) is 0 Å². The van der Waals surface area contributed by atoms with Gasteiger partial charge >= 0.3 is 0 Å². The number of carbonyl (C=O) groups is 1. The molecule has 1 heterocycles. The summed E-state index contributed by atoms with van der Waals surface area (Å²) in [6.07, 6.45) is 2.29. The molecule has 0 aromatic heterocycles. The lowest BCUT2D eigenvalue weighted by Gasteiger charge is -2.37. The Morgan fingerprint density at radius 1 is 1.22 bits per heavy atom. The molecule has 1 amide bonds. The molecule has 5 heteroatoms. The van der Waals surface area contributed by atoms with Crippen molar-refractivity contribution in [1.82, 2.24) is 15.1 Å². The third kappa shape index (κ3) is 4.94. The highest BCUT2D eigenvalue weighted by atomic mass is 16.5. The van der Waals surface area contributed by atoms with Crippen LogP contribution in [-0.4, -0.2) is 67.1 Å². The molecule has 0 spiro atoms. The molecule has 3 rings (SSSR count). The van der Waals surface area contributed by atoms with Crippen LogP contribution in [0.3, 0.4) is 0 Å². The maximum Gasteiger partial charge on any atom is 0.237 e. The van der Waals surface area contributed by atoms with Crippen LogP contribution in [0.15, 0.2) is 30.3 Å². The number of amides is 1. The molecular weight excluding hydrogens is 290 g/mol. The van der Waals surface area contributed by atoms with Crippen molar-refractivity contribution in [1.29, 1.82) is 0 Å². The molecule has 0 unspecified atom stereocenters. The largest absolute Gasteiger partial charge is 0.492 e. The third-order valence-corrected chi connectivity index (χ3v) is 4.68. The van der Waals surface area contributed by atoms with Gasteiger partial charge in [-0.05, 0) is 31.9 Å². The molecule has 1 saturated carbocycles. The molecule has 126 valence electrons. The van der Waals surface area contributed by atoms with Crippen molar-refractivity contribution in [2.75, 3.05) is 39.3 Å². The number of nitrogens with one attached hydrogen (secondary N) is 1. The minimum Gasteiger partial charge on any atom is -0.492 e. The summed E-state index contributed by atoms with van der Waals surface area (Å²) in [4.78, 5) is 16.8. The first kappa shape index (κ1) is 16.3. The van der Waals surface area contributed by atoms with Crippen LogP contribution in [0.1, 0.15) is 19.8 Å². The van der Waals surface area contributed by atoms with Crippen LogP contribution < -0.4 is 10.1 Å². The molecule has 1 N–H and O–H groups in total. The molecule has 5 nitrogen and oxygen atoms in total. The van der Waals surface area contributed by atoms with Gasteiger partial charge in [0.05, 0.1) is 6.04 Å². The van der Waals surface area contributed by atoms with Gasteiger partial charge < -0.3 is 10.1 Å². The van der Waals surface area contributed by atoms with Gasteiger partial charge in [0.2, 0.25) is 5.91 Å². The van der Waals surface area contributed by atoms with E-state index < -0.39 is 0 Å². The highest BCUT2D eigenvalue weighted by Crippen LogP contribution is 2.19. The Morgan fingerprint density at radius 2 is 1.91 bits per heavy atom. The Morgan fingerprint density at radius 3 is 2.57 bits per heavy atom. The van der Waals surface area contributed by atoms with Crippen LogP contribution in [0, 0.1) is 0 Å². The molecular formula is C18H27N3O2. The first-order chi connectivity index (χ1) is 11.2. The maximum absolute atomic E-state index is 12.1. The fraction of sp³-hybridized carbons (Fsp3) is 0.611. The summed E-state index contributed by atoms with van der Waals surface area (Å²) in [6.45, 7) is 7.56. The van der Waals surface area contributed by atoms with Gasteiger partial charge in [-0.1, -0.05) is 18.2 Å². The average Bonchev–Trinajstić information content (AvgIpc) is 3.40. The number of nitrogens with zero attached hydrogens (tertiary/aromatic N) is 2. The summed E-state index contributed by atoms with van der Waals surface area (Å²) in [6, 6.07) is 10.4. The summed E-state index contributed by atoms with van der Waals surface area (Å²) in [5.41, 5.74) is 0. The summed E-state index contributed by atoms with van der Waals surface area (Å²) in [5.74, 6) is 1.12. The number of carbonyl (C=O) groups excluding carboxylic acids is 1. The van der Waals surface area contributed by atoms with Crippen LogP contribution in [0.4, 0.5) is 0 Å². The van der Waals surface area contributed by atoms with Gasteiger partial charge in [0.1, 0.15) is 12.4 Å². The van der Waals surface area contributed by atoms with E-state index in [1.54, 1.807) is 0 Å². The Hall–Kier alpha value is -1.59. The lowest BCUT2D eigenvalue weighted by atomic mass is 10.2. The molecule has 1 atom stereocenters. The average molecular weight is 317 g/mol. The Labute approximate surface area is 138 Å². The van der Waals surface area contributed by atoms with Crippen molar-refractivity contribution >= 4 is 5.91 Å². The molecule has 0 bridgehead atoms. The quantitative estimate of drug-likeness (QED) is 0.824. The van der Waals surface area contributed by atoms with E-state index in [1.807, 2.05) is 37.3 Å². The molecule has 2 fully saturated rings. The third-order valence-electron chi connectivity index (χ3n) is 4.68. The SMILES string of the molecule is C[C@@H](C(=O)NC1CC1)N1CCN(CCOc2ccccc2)CC1. The smallest absolute Gasteiger partial charge is 0.237 e. The number of benzene rings is 1. The number of para-hydroxylation sites is 1. The predicted octanol–water partition coefficient (Wildman–Crippen LogP) is 1.35. The number of ether oxygens (including phenoxy) is 1. The van der Waals surface area contributed by atoms with Crippen LogP contribution in [0.5, 0.6) is 5.75 Å². The van der Waals surface area contributed by atoms with Crippen molar-refractivity contribution in [2.24, 2.45) is 0 Å². The zero-order valence-electron chi connectivity index (χ0n) is 13.9. The number of rotatable bonds is 7. The molecule has 23 heavy (non-hydrogen) atoms. The first-order valence-corrected chi connectivity index (χ1v) is 8.67. The highest BCUT2D eigenvalue weighted by molar-refractivity contribution is 5.81. The lowest BCUT2D eigenvalue weighted by molar-refractivity contribution is -0.126. The van der Waals surface area contributed by atoms with Gasteiger partial charge in [-0.2, -0.15) is 0 Å². The van der Waals surface area contributed by atoms with Crippen molar-refractivity contribution in [3.05, 3.63) is 30.3 Å². The fourth-order valence-electron chi connectivity index (χ4n) is 2.90.